The van der Waals surface area contributed by atoms with Gasteiger partial charge in [-0.15, -0.1) is 0 Å². The molecule has 48 heavy (non-hydrogen) atoms. The monoisotopic (exact) mass is 654 g/mol. The Morgan fingerprint density at radius 1 is 0.312 bits per heavy atom. The summed E-state index contributed by atoms with van der Waals surface area (Å²) in [5.41, 5.74) is 2.70. The summed E-state index contributed by atoms with van der Waals surface area (Å²) in [6.07, 6.45) is 1.92. The Morgan fingerprint density at radius 2 is 0.604 bits per heavy atom. The van der Waals surface area contributed by atoms with Gasteiger partial charge in [0, 0.05) is 0 Å². The molecule has 0 spiro atoms. The van der Waals surface area contributed by atoms with Gasteiger partial charge >= 0.3 is 0 Å². The fourth-order valence-corrected chi connectivity index (χ4v) is 14.8. The van der Waals surface area contributed by atoms with Crippen molar-refractivity contribution in [3.63, 3.8) is 0 Å². The summed E-state index contributed by atoms with van der Waals surface area (Å²) in [7, 11) is 0. The highest BCUT2D eigenvalue weighted by Crippen LogP contribution is 2.46. The van der Waals surface area contributed by atoms with Gasteiger partial charge in [0.05, 0.1) is 0 Å². The first-order valence-electron chi connectivity index (χ1n) is 16.7. The van der Waals surface area contributed by atoms with E-state index in [4.69, 9.17) is 0 Å². The predicted molar refractivity (Wildman–Crippen MR) is 216 cm³/mol. The summed E-state index contributed by atoms with van der Waals surface area (Å²) >= 11 is 0. The van der Waals surface area contributed by atoms with Crippen molar-refractivity contribution in [3.05, 3.63) is 217 Å². The molecular formula is C46H40P2. The first-order valence-corrected chi connectivity index (χ1v) is 20.4. The third kappa shape index (κ3) is 6.35. The molecule has 0 amide bonds. The van der Waals surface area contributed by atoms with Crippen LogP contribution in [0.3, 0.4) is 0 Å². The van der Waals surface area contributed by atoms with Crippen LogP contribution in [-0.2, 0) is 6.42 Å². The third-order valence-corrected chi connectivity index (χ3v) is 17.3. The van der Waals surface area contributed by atoms with E-state index in [1.54, 1.807) is 0 Å². The van der Waals surface area contributed by atoms with Crippen molar-refractivity contribution >= 4 is 57.2 Å². The van der Waals surface area contributed by atoms with E-state index in [9.17, 15) is 0 Å². The molecule has 0 fully saturated rings. The van der Waals surface area contributed by atoms with E-state index in [0.717, 1.165) is 12.8 Å². The zero-order valence-corrected chi connectivity index (χ0v) is 28.9. The van der Waals surface area contributed by atoms with Crippen molar-refractivity contribution in [2.75, 3.05) is 0 Å². The lowest BCUT2D eigenvalue weighted by atomic mass is 10.1. The number of benzene rings is 7. The van der Waals surface area contributed by atoms with Gasteiger partial charge in [0.2, 0.25) is 0 Å². The SMILES string of the molecule is C(CCc1ccccc1C=P(c1ccccc1)(c1ccccc1)c1ccccc1)=P(c1ccccc1)(c1ccccc1)c1ccccc1. The molecule has 7 aromatic carbocycles. The molecule has 0 aliphatic carbocycles. The van der Waals surface area contributed by atoms with Gasteiger partial charge in [0.25, 0.3) is 0 Å². The second-order valence-electron chi connectivity index (χ2n) is 12.0. The normalized spacial score (nSPS) is 11.5. The van der Waals surface area contributed by atoms with Crippen LogP contribution < -0.4 is 31.8 Å². The molecule has 0 saturated heterocycles. The molecule has 7 aromatic rings. The van der Waals surface area contributed by atoms with Crippen molar-refractivity contribution in [2.45, 2.75) is 12.8 Å². The maximum Gasteiger partial charge on any atom is -0.0160 e. The van der Waals surface area contributed by atoms with E-state index in [0.29, 0.717) is 0 Å². The van der Waals surface area contributed by atoms with Gasteiger partial charge in [-0.25, -0.2) is 0 Å². The van der Waals surface area contributed by atoms with Gasteiger partial charge in [0.15, 0.2) is 0 Å². The van der Waals surface area contributed by atoms with E-state index in [-0.39, 0.29) is 0 Å². The van der Waals surface area contributed by atoms with Gasteiger partial charge in [-0.05, 0) is 75.4 Å². The Bertz CT molecular complexity index is 1950. The molecule has 0 saturated carbocycles. The quantitative estimate of drug-likeness (QED) is 0.130. The summed E-state index contributed by atoms with van der Waals surface area (Å²) in [5.74, 6) is 5.29. The Hall–Kier alpha value is -4.86. The average molecular weight is 655 g/mol. The molecule has 0 heterocycles. The van der Waals surface area contributed by atoms with Gasteiger partial charge in [-0.3, -0.25) is 0 Å². The standard InChI is InChI=1S/C46H40P2/c1-7-25-41(26-8-1)47(42-27-9-2-10-28-42,43-29-11-3-12-30-43)37-21-24-39-22-19-20-23-40(39)38-48(44-31-13-4-14-32-44,45-33-15-5-16-34-45)46-35-17-6-18-36-46/h1-20,22-23,25-38H,21,24H2. The van der Waals surface area contributed by atoms with Crippen LogP contribution in [0.4, 0.5) is 0 Å². The van der Waals surface area contributed by atoms with Crippen LogP contribution in [0.1, 0.15) is 17.5 Å². The minimum Gasteiger partial charge on any atom is -0.0739 e. The Morgan fingerprint density at radius 3 is 0.958 bits per heavy atom. The highest BCUT2D eigenvalue weighted by molar-refractivity contribution is 7.95. The van der Waals surface area contributed by atoms with Crippen LogP contribution in [0.15, 0.2) is 206 Å². The fourth-order valence-electron chi connectivity index (χ4n) is 6.92. The maximum absolute atomic E-state index is 2.66. The molecule has 0 bridgehead atoms. The molecule has 2 heteroatoms. The van der Waals surface area contributed by atoms with Crippen molar-refractivity contribution in [1.29, 1.82) is 0 Å². The lowest BCUT2D eigenvalue weighted by molar-refractivity contribution is 1.06. The molecule has 7 rings (SSSR count). The summed E-state index contributed by atoms with van der Waals surface area (Å²) < 4.78 is 0. The maximum atomic E-state index is 2.66. The molecule has 0 nitrogen and oxygen atoms in total. The second-order valence-corrected chi connectivity index (χ2v) is 18.6. The summed E-state index contributed by atoms with van der Waals surface area (Å²) in [5, 5.41) is 8.28. The largest absolute Gasteiger partial charge is 0.0739 e. The Kier molecular flexibility index (Phi) is 9.86. The van der Waals surface area contributed by atoms with Crippen molar-refractivity contribution < 1.29 is 0 Å². The molecule has 234 valence electrons. The number of aryl methyl sites for hydroxylation is 1. The summed E-state index contributed by atoms with van der Waals surface area (Å²) in [6.45, 7) is -4.16. The minimum atomic E-state index is -2.14. The van der Waals surface area contributed by atoms with Crippen molar-refractivity contribution in [2.24, 2.45) is 0 Å². The van der Waals surface area contributed by atoms with Crippen molar-refractivity contribution in [3.8, 4) is 0 Å². The lowest BCUT2D eigenvalue weighted by Crippen LogP contribution is -2.27. The van der Waals surface area contributed by atoms with E-state index >= 15 is 0 Å². The van der Waals surface area contributed by atoms with E-state index in [2.05, 4.69) is 218 Å². The van der Waals surface area contributed by atoms with Gasteiger partial charge in [-0.2, -0.15) is 0 Å². The smallest absolute Gasteiger partial charge is 0.0160 e. The second kappa shape index (κ2) is 14.9. The molecule has 0 aliphatic rings. The number of hydrogen-bond acceptors (Lipinski definition) is 0. The first kappa shape index (κ1) is 31.7. The first-order chi connectivity index (χ1) is 23.8. The number of rotatable bonds is 10. The van der Waals surface area contributed by atoms with E-state index in [1.807, 2.05) is 0 Å². The van der Waals surface area contributed by atoms with Crippen LogP contribution in [0, 0.1) is 0 Å². The predicted octanol–water partition coefficient (Wildman–Crippen LogP) is 8.56. The van der Waals surface area contributed by atoms with Crippen molar-refractivity contribution in [1.82, 2.24) is 0 Å². The molecule has 0 N–H and O–H groups in total. The van der Waals surface area contributed by atoms with Gasteiger partial charge in [-0.1, -0.05) is 212 Å². The molecule has 0 aromatic heterocycles. The fraction of sp³-hybridized carbons (Fsp3) is 0.0435. The van der Waals surface area contributed by atoms with Crippen LogP contribution in [-0.4, -0.2) is 11.6 Å². The highest BCUT2D eigenvalue weighted by Gasteiger charge is 2.26. The highest BCUT2D eigenvalue weighted by atomic mass is 31.2. The average Bonchev–Trinajstić information content (AvgIpc) is 3.18. The zero-order chi connectivity index (χ0) is 32.5. The summed E-state index contributed by atoms with van der Waals surface area (Å²) in [4.78, 5) is 0. The molecule has 0 radical (unpaired) electrons. The molecular weight excluding hydrogens is 614 g/mol. The Labute approximate surface area is 286 Å². The number of hydrogen-bond donors (Lipinski definition) is 0. The van der Waals surface area contributed by atoms with E-state index < -0.39 is 13.8 Å². The van der Waals surface area contributed by atoms with E-state index in [1.165, 1.54) is 43.0 Å². The van der Waals surface area contributed by atoms with Crippen LogP contribution in [0.2, 0.25) is 0 Å². The van der Waals surface area contributed by atoms with Crippen LogP contribution in [0.5, 0.6) is 0 Å². The van der Waals surface area contributed by atoms with Crippen LogP contribution in [0.25, 0.3) is 0 Å². The van der Waals surface area contributed by atoms with Gasteiger partial charge < -0.3 is 0 Å². The topological polar surface area (TPSA) is 0 Å². The third-order valence-electron chi connectivity index (χ3n) is 9.19. The molecule has 0 atom stereocenters. The zero-order valence-electron chi connectivity index (χ0n) is 27.1. The molecule has 0 unspecified atom stereocenters. The minimum absolute atomic E-state index is 0.958. The van der Waals surface area contributed by atoms with Gasteiger partial charge in [0.1, 0.15) is 0 Å². The summed E-state index contributed by atoms with van der Waals surface area (Å²) in [6, 6.07) is 75.9. The van der Waals surface area contributed by atoms with Crippen LogP contribution >= 0.6 is 13.8 Å². The Balaban J connectivity index is 1.40. The lowest BCUT2D eigenvalue weighted by Gasteiger charge is -2.29. The molecule has 0 aliphatic heterocycles.